The van der Waals surface area contributed by atoms with Crippen molar-refractivity contribution in [3.63, 3.8) is 0 Å². The van der Waals surface area contributed by atoms with Crippen LogP contribution in [-0.2, 0) is 0 Å². The lowest BCUT2D eigenvalue weighted by molar-refractivity contribution is 0.400. The van der Waals surface area contributed by atoms with E-state index in [0.29, 0.717) is 12.1 Å². The third-order valence-electron chi connectivity index (χ3n) is 5.30. The van der Waals surface area contributed by atoms with Gasteiger partial charge < -0.3 is 4.74 Å². The van der Waals surface area contributed by atoms with Gasteiger partial charge in [-0.1, -0.05) is 72.8 Å². The van der Waals surface area contributed by atoms with Gasteiger partial charge in [-0.2, -0.15) is 0 Å². The van der Waals surface area contributed by atoms with Crippen LogP contribution in [0.2, 0.25) is 0 Å². The highest BCUT2D eigenvalue weighted by Gasteiger charge is 2.59. The van der Waals surface area contributed by atoms with E-state index in [0.717, 1.165) is 5.75 Å². The van der Waals surface area contributed by atoms with Crippen LogP contribution in [0.4, 0.5) is 0 Å². The summed E-state index contributed by atoms with van der Waals surface area (Å²) in [4.78, 5) is 7.59. The normalized spacial score (nSPS) is 26.1. The zero-order valence-electron chi connectivity index (χ0n) is 14.6. The van der Waals surface area contributed by atoms with E-state index in [4.69, 9.17) is 9.73 Å². The summed E-state index contributed by atoms with van der Waals surface area (Å²) in [6.45, 7) is 0. The minimum Gasteiger partial charge on any atom is -0.497 e. The molecule has 1 fully saturated rings. The Morgan fingerprint density at radius 3 is 2.04 bits per heavy atom. The molecule has 128 valence electrons. The van der Waals surface area contributed by atoms with Crippen LogP contribution in [0.25, 0.3) is 0 Å². The lowest BCUT2D eigenvalue weighted by Gasteiger charge is -2.15. The summed E-state index contributed by atoms with van der Waals surface area (Å²) >= 11 is 0. The second-order valence-corrected chi connectivity index (χ2v) is 6.77. The Morgan fingerprint density at radius 1 is 0.731 bits per heavy atom. The second kappa shape index (κ2) is 6.11. The first-order valence-electron chi connectivity index (χ1n) is 8.96. The number of fused-ring (bicyclic) bond motifs is 1. The molecular formula is C23H20N2O. The molecule has 26 heavy (non-hydrogen) atoms. The van der Waals surface area contributed by atoms with E-state index in [1.54, 1.807) is 7.11 Å². The summed E-state index contributed by atoms with van der Waals surface area (Å²) in [6.07, 6.45) is 0.0614. The maximum absolute atomic E-state index is 5.30. The molecule has 2 aliphatic rings. The molecule has 0 N–H and O–H groups in total. The van der Waals surface area contributed by atoms with Gasteiger partial charge in [-0.15, -0.1) is 0 Å². The average Bonchev–Trinajstić information content (AvgIpc) is 3.33. The molecule has 1 unspecified atom stereocenters. The minimum absolute atomic E-state index is 0.0614. The van der Waals surface area contributed by atoms with E-state index < -0.39 is 0 Å². The van der Waals surface area contributed by atoms with Gasteiger partial charge in [0.2, 0.25) is 0 Å². The molecule has 3 heteroatoms. The van der Waals surface area contributed by atoms with Crippen LogP contribution in [0.5, 0.6) is 5.75 Å². The standard InChI is InChI=1S/C23H20N2O/c1-26-19-14-12-18(13-15-19)23-24-20(16-8-4-2-5-9-16)22-21(25(22)23)17-10-6-3-7-11-17/h2-15,21-23H,1H3/t21-,22-,23+,25?/m1/s1. The van der Waals surface area contributed by atoms with Gasteiger partial charge in [-0.05, 0) is 28.8 Å². The predicted octanol–water partition coefficient (Wildman–Crippen LogP) is 4.62. The molecule has 0 radical (unpaired) electrons. The highest BCUT2D eigenvalue weighted by molar-refractivity contribution is 6.08. The Morgan fingerprint density at radius 2 is 1.38 bits per heavy atom. The van der Waals surface area contributed by atoms with Crippen molar-refractivity contribution in [2.75, 3.05) is 7.11 Å². The molecule has 3 aromatic rings. The lowest BCUT2D eigenvalue weighted by atomic mass is 10.0. The van der Waals surface area contributed by atoms with E-state index in [1.807, 2.05) is 12.1 Å². The molecule has 0 bridgehead atoms. The van der Waals surface area contributed by atoms with Crippen molar-refractivity contribution in [1.82, 2.24) is 4.90 Å². The fourth-order valence-corrected chi connectivity index (χ4v) is 4.00. The fourth-order valence-electron chi connectivity index (χ4n) is 4.00. The Bertz CT molecular complexity index is 935. The molecule has 3 nitrogen and oxygen atoms in total. The molecule has 2 heterocycles. The van der Waals surface area contributed by atoms with Crippen molar-refractivity contribution >= 4 is 5.71 Å². The monoisotopic (exact) mass is 340 g/mol. The third-order valence-corrected chi connectivity index (χ3v) is 5.30. The molecule has 0 aliphatic carbocycles. The summed E-state index contributed by atoms with van der Waals surface area (Å²) in [7, 11) is 1.70. The Labute approximate surface area is 153 Å². The molecule has 0 saturated carbocycles. The number of ether oxygens (including phenoxy) is 1. The van der Waals surface area contributed by atoms with Crippen LogP contribution in [0, 0.1) is 0 Å². The number of nitrogens with zero attached hydrogens (tertiary/aromatic N) is 2. The predicted molar refractivity (Wildman–Crippen MR) is 104 cm³/mol. The van der Waals surface area contributed by atoms with Crippen LogP contribution >= 0.6 is 0 Å². The van der Waals surface area contributed by atoms with Gasteiger partial charge in [0.05, 0.1) is 24.9 Å². The Hall–Kier alpha value is -2.91. The Kier molecular flexibility index (Phi) is 3.61. The number of rotatable bonds is 4. The zero-order valence-corrected chi connectivity index (χ0v) is 14.6. The van der Waals surface area contributed by atoms with E-state index in [2.05, 4.69) is 77.7 Å². The molecule has 0 amide bonds. The first kappa shape index (κ1) is 15.4. The largest absolute Gasteiger partial charge is 0.497 e. The van der Waals surface area contributed by atoms with Crippen molar-refractivity contribution in [1.29, 1.82) is 0 Å². The van der Waals surface area contributed by atoms with Gasteiger partial charge >= 0.3 is 0 Å². The van der Waals surface area contributed by atoms with E-state index in [9.17, 15) is 0 Å². The van der Waals surface area contributed by atoms with Gasteiger partial charge in [0.15, 0.2) is 0 Å². The SMILES string of the molecule is COc1ccc([C@H]2N=C(c3ccccc3)[C@@H]3[C@@H](c4ccccc4)N23)cc1. The van der Waals surface area contributed by atoms with Crippen LogP contribution in [0.15, 0.2) is 89.9 Å². The molecule has 5 rings (SSSR count). The third kappa shape index (κ3) is 2.44. The van der Waals surface area contributed by atoms with Crippen LogP contribution in [0.1, 0.15) is 28.9 Å². The zero-order chi connectivity index (χ0) is 17.5. The number of benzene rings is 3. The van der Waals surface area contributed by atoms with Crippen LogP contribution in [-0.4, -0.2) is 23.8 Å². The molecule has 3 aromatic carbocycles. The van der Waals surface area contributed by atoms with Crippen molar-refractivity contribution in [2.24, 2.45) is 4.99 Å². The van der Waals surface area contributed by atoms with Crippen molar-refractivity contribution < 1.29 is 4.74 Å². The maximum Gasteiger partial charge on any atom is 0.129 e. The summed E-state index contributed by atoms with van der Waals surface area (Å²) in [6, 6.07) is 30.3. The average molecular weight is 340 g/mol. The van der Waals surface area contributed by atoms with E-state index >= 15 is 0 Å². The molecule has 4 atom stereocenters. The van der Waals surface area contributed by atoms with Gasteiger partial charge in [0.1, 0.15) is 11.9 Å². The number of methoxy groups -OCH3 is 1. The molecule has 2 aliphatic heterocycles. The van der Waals surface area contributed by atoms with E-state index in [-0.39, 0.29) is 6.17 Å². The molecule has 0 spiro atoms. The first-order valence-corrected chi connectivity index (χ1v) is 8.96. The minimum atomic E-state index is 0.0614. The fraction of sp³-hybridized carbons (Fsp3) is 0.174. The quantitative estimate of drug-likeness (QED) is 0.647. The lowest BCUT2D eigenvalue weighted by Crippen LogP contribution is -2.08. The van der Waals surface area contributed by atoms with E-state index in [1.165, 1.54) is 22.4 Å². The second-order valence-electron chi connectivity index (χ2n) is 6.77. The van der Waals surface area contributed by atoms with Gasteiger partial charge in [0.25, 0.3) is 0 Å². The van der Waals surface area contributed by atoms with Crippen molar-refractivity contribution in [2.45, 2.75) is 18.2 Å². The summed E-state index contributed by atoms with van der Waals surface area (Å²) < 4.78 is 5.30. The number of aliphatic imine (C=N–C) groups is 1. The summed E-state index contributed by atoms with van der Waals surface area (Å²) in [5.74, 6) is 0.876. The number of hydrogen-bond donors (Lipinski definition) is 0. The highest BCUT2D eigenvalue weighted by Crippen LogP contribution is 2.55. The van der Waals surface area contributed by atoms with Gasteiger partial charge in [0, 0.05) is 0 Å². The topological polar surface area (TPSA) is 24.6 Å². The van der Waals surface area contributed by atoms with Crippen LogP contribution in [0.3, 0.4) is 0 Å². The van der Waals surface area contributed by atoms with Gasteiger partial charge in [-0.25, -0.2) is 0 Å². The van der Waals surface area contributed by atoms with Crippen molar-refractivity contribution in [3.05, 3.63) is 102 Å². The van der Waals surface area contributed by atoms with Gasteiger partial charge in [-0.3, -0.25) is 9.89 Å². The smallest absolute Gasteiger partial charge is 0.129 e. The Balaban J connectivity index is 1.55. The molecular weight excluding hydrogens is 320 g/mol. The summed E-state index contributed by atoms with van der Waals surface area (Å²) in [5, 5.41) is 0. The highest BCUT2D eigenvalue weighted by atomic mass is 16.5. The van der Waals surface area contributed by atoms with Crippen LogP contribution < -0.4 is 4.74 Å². The first-order chi connectivity index (χ1) is 12.9. The maximum atomic E-state index is 5.30. The summed E-state index contributed by atoms with van der Waals surface area (Å²) in [5.41, 5.74) is 4.98. The van der Waals surface area contributed by atoms with Crippen molar-refractivity contribution in [3.8, 4) is 5.75 Å². The number of hydrogen-bond acceptors (Lipinski definition) is 3. The molecule has 0 aromatic heterocycles. The molecule has 1 saturated heterocycles.